The number of carbonyl (C=O) groups is 2. The van der Waals surface area contributed by atoms with Crippen molar-refractivity contribution in [3.63, 3.8) is 0 Å². The van der Waals surface area contributed by atoms with E-state index in [0.717, 1.165) is 6.42 Å². The van der Waals surface area contributed by atoms with Gasteiger partial charge in [-0.2, -0.15) is 5.26 Å². The summed E-state index contributed by atoms with van der Waals surface area (Å²) in [6.45, 7) is 4.84. The molecule has 0 aromatic heterocycles. The zero-order valence-electron chi connectivity index (χ0n) is 12.5. The van der Waals surface area contributed by atoms with Gasteiger partial charge in [0.15, 0.2) is 0 Å². The number of rotatable bonds is 7. The summed E-state index contributed by atoms with van der Waals surface area (Å²) >= 11 is 0. The van der Waals surface area contributed by atoms with Crippen molar-refractivity contribution < 1.29 is 9.59 Å². The van der Waals surface area contributed by atoms with Crippen LogP contribution in [0.25, 0.3) is 0 Å². The van der Waals surface area contributed by atoms with Crippen LogP contribution in [0.5, 0.6) is 0 Å². The maximum absolute atomic E-state index is 11.7. The minimum atomic E-state index is -0.210. The van der Waals surface area contributed by atoms with Crippen molar-refractivity contribution in [2.24, 2.45) is 5.92 Å². The summed E-state index contributed by atoms with van der Waals surface area (Å²) in [5, 5.41) is 14.2. The Bertz CT molecular complexity index is 515. The van der Waals surface area contributed by atoms with Crippen LogP contribution in [0.15, 0.2) is 24.3 Å². The van der Waals surface area contributed by atoms with E-state index in [9.17, 15) is 9.59 Å². The van der Waals surface area contributed by atoms with Crippen molar-refractivity contribution in [3.8, 4) is 6.07 Å². The molecule has 2 N–H and O–H groups in total. The van der Waals surface area contributed by atoms with Crippen LogP contribution in [0.2, 0.25) is 0 Å². The predicted octanol–water partition coefficient (Wildman–Crippen LogP) is 2.44. The number of anilines is 1. The topological polar surface area (TPSA) is 82.0 Å². The highest BCUT2D eigenvalue weighted by Gasteiger charge is 2.07. The molecule has 5 nitrogen and oxygen atoms in total. The Hall–Kier alpha value is -2.35. The van der Waals surface area contributed by atoms with Gasteiger partial charge in [0.1, 0.15) is 0 Å². The third-order valence-electron chi connectivity index (χ3n) is 2.92. The smallest absolute Gasteiger partial charge is 0.224 e. The van der Waals surface area contributed by atoms with Gasteiger partial charge in [-0.25, -0.2) is 0 Å². The maximum Gasteiger partial charge on any atom is 0.224 e. The van der Waals surface area contributed by atoms with Gasteiger partial charge in [-0.3, -0.25) is 9.59 Å². The number of nitrogens with zero attached hydrogens (tertiary/aromatic N) is 1. The van der Waals surface area contributed by atoms with E-state index in [0.29, 0.717) is 23.7 Å². The molecule has 2 amide bonds. The SMILES string of the molecule is CC(C)CCNC(=O)CCC(=O)Nc1ccc(C#N)cc1. The summed E-state index contributed by atoms with van der Waals surface area (Å²) < 4.78 is 0. The van der Waals surface area contributed by atoms with Crippen LogP contribution in [-0.2, 0) is 9.59 Å². The monoisotopic (exact) mass is 287 g/mol. The predicted molar refractivity (Wildman–Crippen MR) is 81.5 cm³/mol. The summed E-state index contributed by atoms with van der Waals surface area (Å²) in [7, 11) is 0. The quantitative estimate of drug-likeness (QED) is 0.808. The first-order chi connectivity index (χ1) is 10.0. The van der Waals surface area contributed by atoms with Crippen molar-refractivity contribution >= 4 is 17.5 Å². The van der Waals surface area contributed by atoms with Crippen LogP contribution in [0.4, 0.5) is 5.69 Å². The molecule has 0 fully saturated rings. The molecular formula is C16H21N3O2. The first kappa shape index (κ1) is 16.7. The van der Waals surface area contributed by atoms with Crippen LogP contribution in [-0.4, -0.2) is 18.4 Å². The van der Waals surface area contributed by atoms with Crippen LogP contribution in [0, 0.1) is 17.2 Å². The molecule has 112 valence electrons. The third-order valence-corrected chi connectivity index (χ3v) is 2.92. The second-order valence-corrected chi connectivity index (χ2v) is 5.27. The lowest BCUT2D eigenvalue weighted by Crippen LogP contribution is -2.26. The number of nitrogens with one attached hydrogen (secondary N) is 2. The van der Waals surface area contributed by atoms with Gasteiger partial charge < -0.3 is 10.6 Å². The Balaban J connectivity index is 2.27. The molecule has 1 rings (SSSR count). The molecule has 0 saturated carbocycles. The Morgan fingerprint density at radius 3 is 2.33 bits per heavy atom. The molecule has 0 saturated heterocycles. The first-order valence-electron chi connectivity index (χ1n) is 7.08. The lowest BCUT2D eigenvalue weighted by molar-refractivity contribution is -0.124. The summed E-state index contributed by atoms with van der Waals surface area (Å²) in [6.07, 6.45) is 1.26. The highest BCUT2D eigenvalue weighted by Crippen LogP contribution is 2.09. The van der Waals surface area contributed by atoms with E-state index < -0.39 is 0 Å². The fourth-order valence-corrected chi connectivity index (χ4v) is 1.67. The second-order valence-electron chi connectivity index (χ2n) is 5.27. The third kappa shape index (κ3) is 7.11. The van der Waals surface area contributed by atoms with Crippen LogP contribution < -0.4 is 10.6 Å². The Morgan fingerprint density at radius 1 is 1.14 bits per heavy atom. The van der Waals surface area contributed by atoms with Crippen molar-refractivity contribution in [1.82, 2.24) is 5.32 Å². The van der Waals surface area contributed by atoms with Gasteiger partial charge in [0.25, 0.3) is 0 Å². The maximum atomic E-state index is 11.7. The first-order valence-corrected chi connectivity index (χ1v) is 7.08. The molecule has 21 heavy (non-hydrogen) atoms. The van der Waals surface area contributed by atoms with E-state index >= 15 is 0 Å². The van der Waals surface area contributed by atoms with E-state index in [-0.39, 0.29) is 24.7 Å². The minimum Gasteiger partial charge on any atom is -0.356 e. The van der Waals surface area contributed by atoms with Crippen molar-refractivity contribution in [2.75, 3.05) is 11.9 Å². The average Bonchev–Trinajstić information content (AvgIpc) is 2.45. The zero-order chi connectivity index (χ0) is 15.7. The van der Waals surface area contributed by atoms with Gasteiger partial charge in [-0.1, -0.05) is 13.8 Å². The Labute approximate surface area is 125 Å². The fraction of sp³-hybridized carbons (Fsp3) is 0.438. The number of hydrogen-bond donors (Lipinski definition) is 2. The molecule has 0 aliphatic carbocycles. The van der Waals surface area contributed by atoms with E-state index in [4.69, 9.17) is 5.26 Å². The van der Waals surface area contributed by atoms with Crippen LogP contribution in [0.3, 0.4) is 0 Å². The molecule has 0 heterocycles. The molecule has 0 aliphatic heterocycles. The number of nitriles is 1. The van der Waals surface area contributed by atoms with Crippen LogP contribution >= 0.6 is 0 Å². The Morgan fingerprint density at radius 2 is 1.76 bits per heavy atom. The molecule has 1 aromatic rings. The Kier molecular flexibility index (Phi) is 6.96. The average molecular weight is 287 g/mol. The molecule has 0 radical (unpaired) electrons. The highest BCUT2D eigenvalue weighted by atomic mass is 16.2. The van der Waals surface area contributed by atoms with Gasteiger partial charge in [-0.05, 0) is 36.6 Å². The minimum absolute atomic E-state index is 0.106. The molecular weight excluding hydrogens is 266 g/mol. The number of hydrogen-bond acceptors (Lipinski definition) is 3. The number of amides is 2. The van der Waals surface area contributed by atoms with E-state index in [1.807, 2.05) is 6.07 Å². The van der Waals surface area contributed by atoms with E-state index in [1.54, 1.807) is 24.3 Å². The molecule has 0 spiro atoms. The van der Waals surface area contributed by atoms with E-state index in [1.165, 1.54) is 0 Å². The number of benzene rings is 1. The molecule has 0 aliphatic rings. The van der Waals surface area contributed by atoms with Gasteiger partial charge in [0.2, 0.25) is 11.8 Å². The van der Waals surface area contributed by atoms with E-state index in [2.05, 4.69) is 24.5 Å². The summed E-state index contributed by atoms with van der Waals surface area (Å²) in [4.78, 5) is 23.2. The lowest BCUT2D eigenvalue weighted by atomic mass is 10.1. The molecule has 0 unspecified atom stereocenters. The number of carbonyl (C=O) groups excluding carboxylic acids is 2. The highest BCUT2D eigenvalue weighted by molar-refractivity contribution is 5.93. The zero-order valence-corrected chi connectivity index (χ0v) is 12.5. The lowest BCUT2D eigenvalue weighted by Gasteiger charge is -2.07. The summed E-state index contributed by atoms with van der Waals surface area (Å²) in [5.41, 5.74) is 1.16. The van der Waals surface area contributed by atoms with Crippen molar-refractivity contribution in [2.45, 2.75) is 33.1 Å². The standard InChI is InChI=1S/C16H21N3O2/c1-12(2)9-10-18-15(20)7-8-16(21)19-14-5-3-13(11-17)4-6-14/h3-6,12H,7-10H2,1-2H3,(H,18,20)(H,19,21). The summed E-state index contributed by atoms with van der Waals surface area (Å²) in [5.74, 6) is 0.231. The second kappa shape index (κ2) is 8.75. The van der Waals surface area contributed by atoms with Gasteiger partial charge >= 0.3 is 0 Å². The fourth-order valence-electron chi connectivity index (χ4n) is 1.67. The molecule has 5 heteroatoms. The largest absolute Gasteiger partial charge is 0.356 e. The van der Waals surface area contributed by atoms with Gasteiger partial charge in [-0.15, -0.1) is 0 Å². The molecule has 1 aromatic carbocycles. The van der Waals surface area contributed by atoms with Crippen LogP contribution in [0.1, 0.15) is 38.7 Å². The molecule has 0 atom stereocenters. The van der Waals surface area contributed by atoms with Crippen molar-refractivity contribution in [1.29, 1.82) is 5.26 Å². The normalized spacial score (nSPS) is 10.0. The van der Waals surface area contributed by atoms with Gasteiger partial charge in [0, 0.05) is 25.1 Å². The van der Waals surface area contributed by atoms with Gasteiger partial charge in [0.05, 0.1) is 11.6 Å². The summed E-state index contributed by atoms with van der Waals surface area (Å²) in [6, 6.07) is 8.61. The van der Waals surface area contributed by atoms with Crippen molar-refractivity contribution in [3.05, 3.63) is 29.8 Å². The molecule has 0 bridgehead atoms.